The summed E-state index contributed by atoms with van der Waals surface area (Å²) in [7, 11) is 0. The van der Waals surface area contributed by atoms with Crippen LogP contribution in [0.5, 0.6) is 5.75 Å². The Kier molecular flexibility index (Phi) is 6.35. The number of aliphatic hydroxyl groups excluding tert-OH is 1. The maximum Gasteiger partial charge on any atom is 0.260 e. The molecular weight excluding hydrogens is 470 g/mol. The molecule has 9 nitrogen and oxygen atoms in total. The third-order valence-electron chi connectivity index (χ3n) is 5.79. The molecule has 0 saturated carbocycles. The minimum Gasteiger partial charge on any atom is -0.491 e. The van der Waals surface area contributed by atoms with Crippen LogP contribution < -0.4 is 9.64 Å². The zero-order valence-corrected chi connectivity index (χ0v) is 19.4. The molecule has 2 heterocycles. The quantitative estimate of drug-likeness (QED) is 0.445. The second kappa shape index (κ2) is 9.73. The number of rotatable bonds is 6. The number of halogens is 1. The lowest BCUT2D eigenvalue weighted by atomic mass is 10.1. The van der Waals surface area contributed by atoms with Gasteiger partial charge >= 0.3 is 0 Å². The molecule has 10 heteroatoms. The molecule has 0 bridgehead atoms. The Labute approximate surface area is 206 Å². The molecule has 1 aliphatic heterocycles. The predicted molar refractivity (Wildman–Crippen MR) is 130 cm³/mol. The van der Waals surface area contributed by atoms with Gasteiger partial charge in [-0.3, -0.25) is 14.5 Å². The molecule has 0 spiro atoms. The smallest absolute Gasteiger partial charge is 0.260 e. The van der Waals surface area contributed by atoms with Crippen LogP contribution in [-0.4, -0.2) is 56.6 Å². The second-order valence-corrected chi connectivity index (χ2v) is 8.45. The fourth-order valence-electron chi connectivity index (χ4n) is 4.08. The molecule has 1 N–H and O–H groups in total. The van der Waals surface area contributed by atoms with Gasteiger partial charge in [-0.15, -0.1) is 5.10 Å². The number of benzene rings is 3. The number of fused-ring (bicyclic) bond motifs is 2. The van der Waals surface area contributed by atoms with Gasteiger partial charge in [0.05, 0.1) is 22.7 Å². The second-order valence-electron chi connectivity index (χ2n) is 8.04. The monoisotopic (exact) mass is 491 g/mol. The van der Waals surface area contributed by atoms with E-state index in [2.05, 4.69) is 10.3 Å². The summed E-state index contributed by atoms with van der Waals surface area (Å²) in [5.41, 5.74) is 3.29. The maximum absolute atomic E-state index is 13.6. The fraction of sp³-hybridized carbons (Fsp3) is 0.200. The number of ether oxygens (including phenoxy) is 1. The van der Waals surface area contributed by atoms with E-state index >= 15 is 0 Å². The molecule has 0 unspecified atom stereocenters. The topological polar surface area (TPSA) is 101 Å². The summed E-state index contributed by atoms with van der Waals surface area (Å²) in [6.45, 7) is 0.351. The molecule has 3 aromatic carbocycles. The van der Waals surface area contributed by atoms with Crippen molar-refractivity contribution in [2.75, 3.05) is 24.7 Å². The Balaban J connectivity index is 1.44. The van der Waals surface area contributed by atoms with E-state index in [1.165, 1.54) is 11.0 Å². The van der Waals surface area contributed by atoms with Crippen molar-refractivity contribution in [2.24, 2.45) is 0 Å². The molecule has 5 rings (SSSR count). The van der Waals surface area contributed by atoms with E-state index in [0.29, 0.717) is 18.0 Å². The Morgan fingerprint density at radius 2 is 1.86 bits per heavy atom. The van der Waals surface area contributed by atoms with E-state index in [1.807, 2.05) is 48.5 Å². The number of carbonyl (C=O) groups excluding carboxylic acids is 2. The van der Waals surface area contributed by atoms with Gasteiger partial charge in [-0.2, -0.15) is 0 Å². The van der Waals surface area contributed by atoms with Gasteiger partial charge in [-0.25, -0.2) is 4.68 Å². The van der Waals surface area contributed by atoms with Gasteiger partial charge in [0.1, 0.15) is 31.1 Å². The van der Waals surface area contributed by atoms with Crippen LogP contribution in [0.15, 0.2) is 66.7 Å². The first-order valence-electron chi connectivity index (χ1n) is 11.0. The van der Waals surface area contributed by atoms with Crippen molar-refractivity contribution in [3.05, 3.63) is 82.9 Å². The first kappa shape index (κ1) is 22.8. The maximum atomic E-state index is 13.6. The van der Waals surface area contributed by atoms with Gasteiger partial charge in [-0.1, -0.05) is 47.1 Å². The van der Waals surface area contributed by atoms with E-state index in [1.54, 1.807) is 21.7 Å². The van der Waals surface area contributed by atoms with Crippen LogP contribution in [-0.2, 0) is 18.0 Å². The van der Waals surface area contributed by atoms with Crippen LogP contribution in [0.2, 0.25) is 5.02 Å². The largest absolute Gasteiger partial charge is 0.491 e. The number of amides is 2. The lowest BCUT2D eigenvalue weighted by Gasteiger charge is -2.23. The number of anilines is 1. The standard InChI is InChI=1S/C25H22ClN5O4/c26-20-13-18(35-12-11-32)9-10-19(20)25(34)30-15-24(33)29(14-17-5-1-3-7-22(17)30)16-31-23-8-4-2-6-21(23)27-28-31/h1-10,13,32H,11-12,14-16H2. The first-order valence-corrected chi connectivity index (χ1v) is 11.4. The number of hydrogen-bond donors (Lipinski definition) is 1. The van der Waals surface area contributed by atoms with Gasteiger partial charge in [-0.05, 0) is 42.0 Å². The number of aromatic nitrogens is 3. The lowest BCUT2D eigenvalue weighted by molar-refractivity contribution is -0.131. The van der Waals surface area contributed by atoms with E-state index in [0.717, 1.165) is 16.6 Å². The molecule has 0 aliphatic carbocycles. The third-order valence-corrected chi connectivity index (χ3v) is 6.10. The molecule has 0 saturated heterocycles. The summed E-state index contributed by atoms with van der Waals surface area (Å²) in [5, 5.41) is 17.5. The molecule has 0 radical (unpaired) electrons. The Hall–Kier alpha value is -3.95. The summed E-state index contributed by atoms with van der Waals surface area (Å²) in [6.07, 6.45) is 0. The SMILES string of the molecule is O=C1CN(C(=O)c2ccc(OCCO)cc2Cl)c2ccccc2CN1Cn1nnc2ccccc21. The minimum absolute atomic E-state index is 0.120. The molecule has 0 atom stereocenters. The zero-order chi connectivity index (χ0) is 24.4. The van der Waals surface area contributed by atoms with Crippen molar-refractivity contribution in [3.8, 4) is 5.75 Å². The van der Waals surface area contributed by atoms with Crippen LogP contribution in [0, 0.1) is 0 Å². The summed E-state index contributed by atoms with van der Waals surface area (Å²) >= 11 is 6.40. The summed E-state index contributed by atoms with van der Waals surface area (Å²) in [4.78, 5) is 30.0. The van der Waals surface area contributed by atoms with Crippen LogP contribution in [0.25, 0.3) is 11.0 Å². The van der Waals surface area contributed by atoms with Crippen LogP contribution in [0.4, 0.5) is 5.69 Å². The highest BCUT2D eigenvalue weighted by Gasteiger charge is 2.31. The van der Waals surface area contributed by atoms with Gasteiger partial charge in [0.15, 0.2) is 0 Å². The van der Waals surface area contributed by atoms with Crippen molar-refractivity contribution < 1.29 is 19.4 Å². The molecule has 178 valence electrons. The average molecular weight is 492 g/mol. The van der Waals surface area contributed by atoms with Crippen molar-refractivity contribution in [1.82, 2.24) is 19.9 Å². The van der Waals surface area contributed by atoms with Crippen LogP contribution in [0.3, 0.4) is 0 Å². The summed E-state index contributed by atoms with van der Waals surface area (Å²) in [6, 6.07) is 19.7. The Morgan fingerprint density at radius 1 is 1.06 bits per heavy atom. The highest BCUT2D eigenvalue weighted by atomic mass is 35.5. The van der Waals surface area contributed by atoms with Crippen molar-refractivity contribution in [3.63, 3.8) is 0 Å². The van der Waals surface area contributed by atoms with Gasteiger partial charge in [0.2, 0.25) is 5.91 Å². The summed E-state index contributed by atoms with van der Waals surface area (Å²) in [5.74, 6) is -0.176. The van der Waals surface area contributed by atoms with E-state index < -0.39 is 5.91 Å². The molecule has 1 aromatic heterocycles. The third kappa shape index (κ3) is 4.55. The molecule has 35 heavy (non-hydrogen) atoms. The molecule has 2 amide bonds. The van der Waals surface area contributed by atoms with Crippen LogP contribution >= 0.6 is 11.6 Å². The van der Waals surface area contributed by atoms with Gasteiger partial charge in [0.25, 0.3) is 5.91 Å². The predicted octanol–water partition coefficient (Wildman–Crippen LogP) is 3.10. The Bertz CT molecular complexity index is 1410. The zero-order valence-electron chi connectivity index (χ0n) is 18.7. The lowest BCUT2D eigenvalue weighted by Crippen LogP contribution is -2.41. The van der Waals surface area contributed by atoms with E-state index in [4.69, 9.17) is 21.4 Å². The van der Waals surface area contributed by atoms with Crippen molar-refractivity contribution in [2.45, 2.75) is 13.2 Å². The molecular formula is C25H22ClN5O4. The van der Waals surface area contributed by atoms with Gasteiger partial charge in [0, 0.05) is 12.2 Å². The van der Waals surface area contributed by atoms with E-state index in [-0.39, 0.29) is 42.9 Å². The molecule has 4 aromatic rings. The number of aliphatic hydroxyl groups is 1. The fourth-order valence-corrected chi connectivity index (χ4v) is 4.33. The van der Waals surface area contributed by atoms with Crippen molar-refractivity contribution in [1.29, 1.82) is 0 Å². The number of hydrogen-bond acceptors (Lipinski definition) is 6. The molecule has 1 aliphatic rings. The number of carbonyl (C=O) groups is 2. The van der Waals surface area contributed by atoms with Gasteiger partial charge < -0.3 is 14.7 Å². The number of para-hydroxylation sites is 2. The van der Waals surface area contributed by atoms with E-state index in [9.17, 15) is 9.59 Å². The summed E-state index contributed by atoms with van der Waals surface area (Å²) < 4.78 is 7.05. The Morgan fingerprint density at radius 3 is 2.69 bits per heavy atom. The normalized spacial score (nSPS) is 13.6. The molecule has 0 fully saturated rings. The highest BCUT2D eigenvalue weighted by molar-refractivity contribution is 6.34. The number of nitrogens with zero attached hydrogens (tertiary/aromatic N) is 5. The average Bonchev–Trinajstić information content (AvgIpc) is 3.22. The minimum atomic E-state index is -0.391. The highest BCUT2D eigenvalue weighted by Crippen LogP contribution is 2.30. The van der Waals surface area contributed by atoms with Crippen LogP contribution in [0.1, 0.15) is 15.9 Å². The first-order chi connectivity index (χ1) is 17.0. The van der Waals surface area contributed by atoms with Crippen molar-refractivity contribution >= 4 is 40.1 Å².